The Balaban J connectivity index is 1.68. The predicted molar refractivity (Wildman–Crippen MR) is 112 cm³/mol. The molecule has 0 saturated heterocycles. The third kappa shape index (κ3) is 4.85. The minimum Gasteiger partial charge on any atom is -0.497 e. The van der Waals surface area contributed by atoms with E-state index in [1.807, 2.05) is 24.3 Å². The van der Waals surface area contributed by atoms with Crippen molar-refractivity contribution in [1.82, 2.24) is 9.45 Å². The molecule has 30 heavy (non-hydrogen) atoms. The maximum absolute atomic E-state index is 12.4. The third-order valence-electron chi connectivity index (χ3n) is 4.20. The lowest BCUT2D eigenvalue weighted by Gasteiger charge is -2.14. The van der Waals surface area contributed by atoms with Crippen molar-refractivity contribution in [3.63, 3.8) is 0 Å². The molecule has 0 atom stereocenters. The molecule has 0 saturated carbocycles. The maximum Gasteiger partial charge on any atom is 0.338 e. The van der Waals surface area contributed by atoms with Gasteiger partial charge in [0.25, 0.3) is 10.0 Å². The van der Waals surface area contributed by atoms with E-state index in [2.05, 4.69) is 4.98 Å². The molecule has 0 aliphatic rings. The molecule has 0 unspecified atom stereocenters. The Morgan fingerprint density at radius 2 is 1.87 bits per heavy atom. The molecule has 0 amide bonds. The Morgan fingerprint density at radius 1 is 1.13 bits per heavy atom. The quantitative estimate of drug-likeness (QED) is 0.385. The Morgan fingerprint density at radius 3 is 2.53 bits per heavy atom. The first kappa shape index (κ1) is 21.9. The van der Waals surface area contributed by atoms with Crippen LogP contribution in [-0.4, -0.2) is 45.1 Å². The average Bonchev–Trinajstić information content (AvgIpc) is 3.26. The highest BCUT2D eigenvalue weighted by Gasteiger charge is 2.22. The van der Waals surface area contributed by atoms with Crippen LogP contribution in [-0.2, 0) is 26.2 Å². The number of rotatable bonds is 8. The molecule has 1 heterocycles. The van der Waals surface area contributed by atoms with Gasteiger partial charge in [-0.3, -0.25) is 4.84 Å². The van der Waals surface area contributed by atoms with E-state index in [4.69, 9.17) is 14.3 Å². The summed E-state index contributed by atoms with van der Waals surface area (Å²) >= 11 is 1.43. The Labute approximate surface area is 178 Å². The molecule has 0 bridgehead atoms. The van der Waals surface area contributed by atoms with Crippen molar-refractivity contribution < 1.29 is 27.5 Å². The highest BCUT2D eigenvalue weighted by molar-refractivity contribution is 7.89. The number of benzene rings is 2. The zero-order valence-electron chi connectivity index (χ0n) is 16.6. The van der Waals surface area contributed by atoms with Gasteiger partial charge < -0.3 is 9.47 Å². The lowest BCUT2D eigenvalue weighted by atomic mass is 10.2. The van der Waals surface area contributed by atoms with Crippen molar-refractivity contribution in [2.24, 2.45) is 0 Å². The van der Waals surface area contributed by atoms with E-state index >= 15 is 0 Å². The fourth-order valence-electron chi connectivity index (χ4n) is 2.49. The van der Waals surface area contributed by atoms with E-state index < -0.39 is 16.0 Å². The van der Waals surface area contributed by atoms with Gasteiger partial charge in [0.1, 0.15) is 17.4 Å². The van der Waals surface area contributed by atoms with E-state index in [-0.39, 0.29) is 17.1 Å². The molecule has 8 nitrogen and oxygen atoms in total. The standard InChI is InChI=1S/C20H20N2O6S2/c1-22(27-3)30(24,25)18-6-4-5-15(11-18)20(23)28-12-16-13-29-19(21-16)14-7-9-17(26-2)10-8-14/h4-11,13H,12H2,1-3H3. The molecular formula is C20H20N2O6S2. The molecule has 0 aliphatic carbocycles. The zero-order chi connectivity index (χ0) is 21.7. The number of nitrogens with zero attached hydrogens (tertiary/aromatic N) is 2. The predicted octanol–water partition coefficient (Wildman–Crippen LogP) is 3.36. The third-order valence-corrected chi connectivity index (χ3v) is 6.82. The summed E-state index contributed by atoms with van der Waals surface area (Å²) in [5, 5.41) is 2.60. The van der Waals surface area contributed by atoms with Gasteiger partial charge in [0.15, 0.2) is 0 Å². The second-order valence-electron chi connectivity index (χ2n) is 6.07. The van der Waals surface area contributed by atoms with Gasteiger partial charge in [-0.05, 0) is 42.5 Å². The number of esters is 1. The molecule has 3 aromatic rings. The van der Waals surface area contributed by atoms with Crippen LogP contribution in [0.3, 0.4) is 0 Å². The number of carbonyl (C=O) groups is 1. The van der Waals surface area contributed by atoms with Gasteiger partial charge in [-0.15, -0.1) is 11.3 Å². The van der Waals surface area contributed by atoms with Gasteiger partial charge in [-0.25, -0.2) is 18.2 Å². The number of hydrogen-bond donors (Lipinski definition) is 0. The Kier molecular flexibility index (Phi) is 6.83. The van der Waals surface area contributed by atoms with E-state index in [1.165, 1.54) is 49.8 Å². The molecule has 1 aromatic heterocycles. The molecule has 2 aromatic carbocycles. The molecule has 3 rings (SSSR count). The maximum atomic E-state index is 12.4. The van der Waals surface area contributed by atoms with Crippen LogP contribution in [0, 0.1) is 0 Å². The second kappa shape index (κ2) is 9.35. The van der Waals surface area contributed by atoms with Crippen molar-refractivity contribution in [2.75, 3.05) is 21.3 Å². The summed E-state index contributed by atoms with van der Waals surface area (Å²) in [5.74, 6) is 0.108. The van der Waals surface area contributed by atoms with Crippen LogP contribution in [0.2, 0.25) is 0 Å². The average molecular weight is 449 g/mol. The summed E-state index contributed by atoms with van der Waals surface area (Å²) in [6, 6.07) is 13.1. The molecule has 0 fully saturated rings. The van der Waals surface area contributed by atoms with Crippen LogP contribution in [0.5, 0.6) is 5.75 Å². The number of thiazole rings is 1. The monoisotopic (exact) mass is 448 g/mol. The lowest BCUT2D eigenvalue weighted by molar-refractivity contribution is -0.0258. The van der Waals surface area contributed by atoms with Crippen LogP contribution in [0.25, 0.3) is 10.6 Å². The summed E-state index contributed by atoms with van der Waals surface area (Å²) in [7, 11) is 0.249. The van der Waals surface area contributed by atoms with Gasteiger partial charge in [-0.2, -0.15) is 0 Å². The van der Waals surface area contributed by atoms with Crippen LogP contribution in [0.4, 0.5) is 0 Å². The van der Waals surface area contributed by atoms with Crippen molar-refractivity contribution in [3.05, 3.63) is 65.2 Å². The largest absolute Gasteiger partial charge is 0.497 e. The summed E-state index contributed by atoms with van der Waals surface area (Å²) in [6.07, 6.45) is 0. The molecular weight excluding hydrogens is 428 g/mol. The Bertz CT molecular complexity index is 1130. The summed E-state index contributed by atoms with van der Waals surface area (Å²) in [4.78, 5) is 21.5. The van der Waals surface area contributed by atoms with Crippen molar-refractivity contribution in [3.8, 4) is 16.3 Å². The van der Waals surface area contributed by atoms with Gasteiger partial charge in [-0.1, -0.05) is 10.5 Å². The van der Waals surface area contributed by atoms with E-state index in [0.29, 0.717) is 10.2 Å². The van der Waals surface area contributed by atoms with Crippen molar-refractivity contribution in [2.45, 2.75) is 11.5 Å². The minimum atomic E-state index is -3.86. The molecule has 0 aliphatic heterocycles. The SMILES string of the molecule is COc1ccc(-c2nc(COC(=O)c3cccc(S(=O)(=O)N(C)OC)c3)cs2)cc1. The zero-order valence-corrected chi connectivity index (χ0v) is 18.2. The number of carbonyl (C=O) groups excluding carboxylic acids is 1. The smallest absolute Gasteiger partial charge is 0.338 e. The van der Waals surface area contributed by atoms with Crippen LogP contribution < -0.4 is 4.74 Å². The molecule has 0 N–H and O–H groups in total. The van der Waals surface area contributed by atoms with E-state index in [1.54, 1.807) is 12.5 Å². The Hall–Kier alpha value is -2.79. The minimum absolute atomic E-state index is 0.0273. The van der Waals surface area contributed by atoms with Crippen molar-refractivity contribution in [1.29, 1.82) is 0 Å². The number of methoxy groups -OCH3 is 1. The molecule has 10 heteroatoms. The molecule has 158 valence electrons. The van der Waals surface area contributed by atoms with E-state index in [9.17, 15) is 13.2 Å². The number of hydrogen-bond acceptors (Lipinski definition) is 8. The lowest BCUT2D eigenvalue weighted by Crippen LogP contribution is -2.25. The normalized spacial score (nSPS) is 11.5. The first-order chi connectivity index (χ1) is 14.3. The van der Waals surface area contributed by atoms with Crippen LogP contribution in [0.1, 0.15) is 16.1 Å². The summed E-state index contributed by atoms with van der Waals surface area (Å²) in [5.41, 5.74) is 1.65. The number of aromatic nitrogens is 1. The fourth-order valence-corrected chi connectivity index (χ4v) is 4.32. The van der Waals surface area contributed by atoms with E-state index in [0.717, 1.165) is 16.3 Å². The number of hydroxylamine groups is 1. The first-order valence-corrected chi connectivity index (χ1v) is 11.1. The van der Waals surface area contributed by atoms with Crippen molar-refractivity contribution >= 4 is 27.3 Å². The topological polar surface area (TPSA) is 95.0 Å². The molecule has 0 radical (unpaired) electrons. The van der Waals surface area contributed by atoms with Gasteiger partial charge >= 0.3 is 5.97 Å². The first-order valence-electron chi connectivity index (χ1n) is 8.74. The second-order valence-corrected chi connectivity index (χ2v) is 8.87. The van der Waals surface area contributed by atoms with Gasteiger partial charge in [0.05, 0.1) is 30.4 Å². The fraction of sp³-hybridized carbons (Fsp3) is 0.200. The van der Waals surface area contributed by atoms with Crippen LogP contribution >= 0.6 is 11.3 Å². The van der Waals surface area contributed by atoms with Crippen LogP contribution in [0.15, 0.2) is 58.8 Å². The van der Waals surface area contributed by atoms with Gasteiger partial charge in [0.2, 0.25) is 0 Å². The summed E-state index contributed by atoms with van der Waals surface area (Å²) in [6.45, 7) is -0.0273. The summed E-state index contributed by atoms with van der Waals surface area (Å²) < 4.78 is 35.8. The molecule has 0 spiro atoms. The number of sulfonamides is 1. The number of ether oxygens (including phenoxy) is 2. The highest BCUT2D eigenvalue weighted by Crippen LogP contribution is 2.26. The van der Waals surface area contributed by atoms with Gasteiger partial charge in [0, 0.05) is 18.0 Å². The highest BCUT2D eigenvalue weighted by atomic mass is 32.2.